The molecular weight excluding hydrogens is 334 g/mol. The number of likely N-dealkylation sites (tertiary alicyclic amines) is 1. The molecule has 1 aromatic carbocycles. The number of benzene rings is 1. The smallest absolute Gasteiger partial charge is 0.309 e. The molecule has 0 bridgehead atoms. The Balaban J connectivity index is 1.93. The van der Waals surface area contributed by atoms with Crippen LogP contribution in [0.25, 0.3) is 6.08 Å². The van der Waals surface area contributed by atoms with Crippen molar-refractivity contribution in [3.63, 3.8) is 0 Å². The van der Waals surface area contributed by atoms with Crippen molar-refractivity contribution in [2.75, 3.05) is 13.1 Å². The van der Waals surface area contributed by atoms with Gasteiger partial charge in [0.2, 0.25) is 5.91 Å². The van der Waals surface area contributed by atoms with Crippen molar-refractivity contribution in [2.24, 2.45) is 5.41 Å². The highest BCUT2D eigenvalue weighted by atomic mass is 79.9. The first-order valence-electron chi connectivity index (χ1n) is 6.87. The van der Waals surface area contributed by atoms with Crippen molar-refractivity contribution in [1.82, 2.24) is 4.90 Å². The second-order valence-corrected chi connectivity index (χ2v) is 6.49. The number of nitrogens with zero attached hydrogens (tertiary/aromatic N) is 1. The van der Waals surface area contributed by atoms with E-state index in [1.807, 2.05) is 24.3 Å². The summed E-state index contributed by atoms with van der Waals surface area (Å²) in [6, 6.07) is 7.68. The lowest BCUT2D eigenvalue weighted by Crippen LogP contribution is -2.44. The van der Waals surface area contributed by atoms with Crippen LogP contribution in [0.4, 0.5) is 0 Å². The van der Waals surface area contributed by atoms with Gasteiger partial charge in [-0.25, -0.2) is 0 Å². The molecule has 4 nitrogen and oxygen atoms in total. The summed E-state index contributed by atoms with van der Waals surface area (Å²) < 4.78 is 0.995. The van der Waals surface area contributed by atoms with Crippen molar-refractivity contribution >= 4 is 33.9 Å². The lowest BCUT2D eigenvalue weighted by Gasteiger charge is -2.35. The van der Waals surface area contributed by atoms with Crippen LogP contribution in [0.15, 0.2) is 34.8 Å². The van der Waals surface area contributed by atoms with Gasteiger partial charge < -0.3 is 10.0 Å². The second kappa shape index (κ2) is 6.43. The van der Waals surface area contributed by atoms with Crippen LogP contribution in [-0.4, -0.2) is 35.0 Å². The molecule has 1 heterocycles. The normalized spacial score (nSPS) is 17.9. The fraction of sp³-hybridized carbons (Fsp3) is 0.375. The first-order chi connectivity index (χ1) is 9.90. The molecule has 0 aliphatic carbocycles. The zero-order valence-corrected chi connectivity index (χ0v) is 13.5. The number of aliphatic carboxylic acids is 1. The summed E-state index contributed by atoms with van der Waals surface area (Å²) in [6.45, 7) is 2.73. The molecule has 1 N–H and O–H groups in total. The molecule has 1 saturated heterocycles. The predicted molar refractivity (Wildman–Crippen MR) is 84.7 cm³/mol. The molecule has 0 saturated carbocycles. The molecule has 1 aliphatic heterocycles. The third-order valence-corrected chi connectivity index (χ3v) is 4.51. The van der Waals surface area contributed by atoms with E-state index in [-0.39, 0.29) is 5.91 Å². The lowest BCUT2D eigenvalue weighted by molar-refractivity contribution is -0.152. The third-order valence-electron chi connectivity index (χ3n) is 3.98. The SMILES string of the molecule is CC1(C(=O)O)CCN(C(=O)C=Cc2ccc(Br)cc2)CC1. The Morgan fingerprint density at radius 1 is 1.24 bits per heavy atom. The number of hydrogen-bond donors (Lipinski definition) is 1. The molecule has 5 heteroatoms. The number of piperidine rings is 1. The number of carbonyl (C=O) groups is 2. The van der Waals surface area contributed by atoms with Crippen molar-refractivity contribution in [1.29, 1.82) is 0 Å². The molecule has 1 aromatic rings. The highest BCUT2D eigenvalue weighted by Gasteiger charge is 2.37. The Kier molecular flexibility index (Phi) is 4.83. The van der Waals surface area contributed by atoms with Gasteiger partial charge in [0.1, 0.15) is 0 Å². The van der Waals surface area contributed by atoms with E-state index in [1.165, 1.54) is 0 Å². The van der Waals surface area contributed by atoms with Gasteiger partial charge in [0, 0.05) is 23.6 Å². The highest BCUT2D eigenvalue weighted by Crippen LogP contribution is 2.31. The number of carboxylic acids is 1. The molecular formula is C16H18BrNO3. The van der Waals surface area contributed by atoms with Crippen molar-refractivity contribution < 1.29 is 14.7 Å². The van der Waals surface area contributed by atoms with Gasteiger partial charge in [0.05, 0.1) is 5.41 Å². The number of carbonyl (C=O) groups excluding carboxylic acids is 1. The van der Waals surface area contributed by atoms with Crippen molar-refractivity contribution in [3.05, 3.63) is 40.4 Å². The summed E-state index contributed by atoms with van der Waals surface area (Å²) in [6.07, 6.45) is 4.33. The van der Waals surface area contributed by atoms with E-state index in [4.69, 9.17) is 0 Å². The summed E-state index contributed by atoms with van der Waals surface area (Å²) in [5, 5.41) is 9.18. The largest absolute Gasteiger partial charge is 0.481 e. The van der Waals surface area contributed by atoms with Gasteiger partial charge >= 0.3 is 5.97 Å². The number of rotatable bonds is 3. The zero-order chi connectivity index (χ0) is 15.5. The van der Waals surface area contributed by atoms with E-state index in [0.717, 1.165) is 10.0 Å². The van der Waals surface area contributed by atoms with Gasteiger partial charge in [-0.3, -0.25) is 9.59 Å². The molecule has 2 rings (SSSR count). The first kappa shape index (κ1) is 15.8. The molecule has 0 unspecified atom stereocenters. The molecule has 0 aromatic heterocycles. The predicted octanol–water partition coefficient (Wildman–Crippen LogP) is 3.18. The van der Waals surface area contributed by atoms with Crippen LogP contribution in [0.2, 0.25) is 0 Å². The fourth-order valence-corrected chi connectivity index (χ4v) is 2.55. The molecule has 112 valence electrons. The minimum Gasteiger partial charge on any atom is -0.481 e. The average molecular weight is 352 g/mol. The lowest BCUT2D eigenvalue weighted by atomic mass is 9.80. The topological polar surface area (TPSA) is 57.6 Å². The van der Waals surface area contributed by atoms with Crippen LogP contribution in [-0.2, 0) is 9.59 Å². The molecule has 21 heavy (non-hydrogen) atoms. The number of amides is 1. The summed E-state index contributed by atoms with van der Waals surface area (Å²) in [7, 11) is 0. The van der Waals surface area contributed by atoms with E-state index < -0.39 is 11.4 Å². The van der Waals surface area contributed by atoms with Crippen LogP contribution >= 0.6 is 15.9 Å². The maximum atomic E-state index is 12.1. The summed E-state index contributed by atoms with van der Waals surface area (Å²) >= 11 is 3.36. The molecule has 0 radical (unpaired) electrons. The van der Waals surface area contributed by atoms with Gasteiger partial charge in [0.25, 0.3) is 0 Å². The van der Waals surface area contributed by atoms with Gasteiger partial charge in [-0.15, -0.1) is 0 Å². The summed E-state index contributed by atoms with van der Waals surface area (Å²) in [5.74, 6) is -0.842. The third kappa shape index (κ3) is 3.94. The number of carboxylic acid groups (broad SMARTS) is 1. The minimum absolute atomic E-state index is 0.0645. The van der Waals surface area contributed by atoms with Gasteiger partial charge in [0.15, 0.2) is 0 Å². The van der Waals surface area contributed by atoms with Crippen molar-refractivity contribution in [2.45, 2.75) is 19.8 Å². The quantitative estimate of drug-likeness (QED) is 0.850. The standard InChI is InChI=1S/C16H18BrNO3/c1-16(15(20)21)8-10-18(11-9-16)14(19)7-4-12-2-5-13(17)6-3-12/h2-7H,8-11H2,1H3,(H,20,21). The summed E-state index contributed by atoms with van der Waals surface area (Å²) in [5.41, 5.74) is 0.255. The van der Waals surface area contributed by atoms with Gasteiger partial charge in [-0.2, -0.15) is 0 Å². The molecule has 1 amide bonds. The van der Waals surface area contributed by atoms with Crippen LogP contribution in [0.1, 0.15) is 25.3 Å². The molecule has 0 spiro atoms. The Morgan fingerprint density at radius 3 is 2.33 bits per heavy atom. The molecule has 1 fully saturated rings. The van der Waals surface area contributed by atoms with E-state index >= 15 is 0 Å². The van der Waals surface area contributed by atoms with E-state index in [1.54, 1.807) is 24.0 Å². The average Bonchev–Trinajstić information content (AvgIpc) is 2.47. The van der Waals surface area contributed by atoms with Crippen LogP contribution in [0, 0.1) is 5.41 Å². The Hall–Kier alpha value is -1.62. The van der Waals surface area contributed by atoms with E-state index in [2.05, 4.69) is 15.9 Å². The molecule has 0 atom stereocenters. The van der Waals surface area contributed by atoms with Gasteiger partial charge in [-0.1, -0.05) is 28.1 Å². The Labute approximate surface area is 132 Å². The Morgan fingerprint density at radius 2 is 1.81 bits per heavy atom. The maximum absolute atomic E-state index is 12.1. The zero-order valence-electron chi connectivity index (χ0n) is 11.9. The first-order valence-corrected chi connectivity index (χ1v) is 7.66. The highest BCUT2D eigenvalue weighted by molar-refractivity contribution is 9.10. The Bertz CT molecular complexity index is 557. The number of halogens is 1. The maximum Gasteiger partial charge on any atom is 0.309 e. The monoisotopic (exact) mass is 351 g/mol. The minimum atomic E-state index is -0.778. The van der Waals surface area contributed by atoms with Crippen LogP contribution in [0.3, 0.4) is 0 Å². The fourth-order valence-electron chi connectivity index (χ4n) is 2.28. The van der Waals surface area contributed by atoms with E-state index in [0.29, 0.717) is 25.9 Å². The summed E-state index contributed by atoms with van der Waals surface area (Å²) in [4.78, 5) is 25.0. The van der Waals surface area contributed by atoms with E-state index in [9.17, 15) is 14.7 Å². The molecule has 1 aliphatic rings. The van der Waals surface area contributed by atoms with Crippen molar-refractivity contribution in [3.8, 4) is 0 Å². The second-order valence-electron chi connectivity index (χ2n) is 5.58. The number of hydrogen-bond acceptors (Lipinski definition) is 2. The van der Waals surface area contributed by atoms with Crippen LogP contribution in [0.5, 0.6) is 0 Å². The van der Waals surface area contributed by atoms with Gasteiger partial charge in [-0.05, 0) is 43.5 Å². The van der Waals surface area contributed by atoms with Crippen LogP contribution < -0.4 is 0 Å².